The van der Waals surface area contributed by atoms with Crippen LogP contribution in [-0.2, 0) is 0 Å². The van der Waals surface area contributed by atoms with Crippen LogP contribution in [0.3, 0.4) is 0 Å². The second kappa shape index (κ2) is 6.44. The molecule has 3 N–H and O–H groups in total. The van der Waals surface area contributed by atoms with Crippen LogP contribution in [0.15, 0.2) is 64.3 Å². The molecule has 0 aliphatic rings. The quantitative estimate of drug-likeness (QED) is 0.480. The Kier molecular flexibility index (Phi) is 4.20. The first-order valence-electron chi connectivity index (χ1n) is 6.64. The first-order chi connectivity index (χ1) is 10.7. The van der Waals surface area contributed by atoms with E-state index in [-0.39, 0.29) is 6.03 Å². The summed E-state index contributed by atoms with van der Waals surface area (Å²) in [4.78, 5) is 14.9. The van der Waals surface area contributed by atoms with Crippen LogP contribution in [0.25, 0.3) is 10.9 Å². The fourth-order valence-electron chi connectivity index (χ4n) is 2.06. The van der Waals surface area contributed by atoms with Crippen molar-refractivity contribution in [3.8, 4) is 0 Å². The molecule has 0 atom stereocenters. The van der Waals surface area contributed by atoms with Gasteiger partial charge < -0.3 is 10.3 Å². The van der Waals surface area contributed by atoms with Crippen LogP contribution >= 0.6 is 15.9 Å². The van der Waals surface area contributed by atoms with E-state index in [9.17, 15) is 4.79 Å². The average Bonchev–Trinajstić information content (AvgIpc) is 2.91. The Labute approximate surface area is 135 Å². The Balaban J connectivity index is 1.66. The number of hydrogen-bond acceptors (Lipinski definition) is 2. The number of aromatic nitrogens is 1. The summed E-state index contributed by atoms with van der Waals surface area (Å²) in [6, 6.07) is 14.8. The summed E-state index contributed by atoms with van der Waals surface area (Å²) in [5.74, 6) is 0. The number of fused-ring (bicyclic) bond motifs is 1. The summed E-state index contributed by atoms with van der Waals surface area (Å²) in [7, 11) is 0. The first-order valence-corrected chi connectivity index (χ1v) is 7.43. The molecule has 0 aliphatic heterocycles. The molecule has 0 saturated carbocycles. The van der Waals surface area contributed by atoms with Gasteiger partial charge in [0.05, 0.1) is 6.21 Å². The number of rotatable bonds is 3. The number of halogens is 1. The second-order valence-electron chi connectivity index (χ2n) is 4.62. The highest BCUT2D eigenvalue weighted by Gasteiger charge is 2.02. The van der Waals surface area contributed by atoms with Crippen molar-refractivity contribution in [2.45, 2.75) is 0 Å². The molecule has 6 heteroatoms. The zero-order chi connectivity index (χ0) is 15.4. The molecule has 0 saturated heterocycles. The maximum Gasteiger partial charge on any atom is 0.339 e. The molecule has 0 fully saturated rings. The summed E-state index contributed by atoms with van der Waals surface area (Å²) in [5.41, 5.74) is 5.07. The fraction of sp³-hybridized carbons (Fsp3) is 0. The summed E-state index contributed by atoms with van der Waals surface area (Å²) in [6.45, 7) is 0. The van der Waals surface area contributed by atoms with E-state index in [1.165, 1.54) is 0 Å². The average molecular weight is 357 g/mol. The highest BCUT2D eigenvalue weighted by Crippen LogP contribution is 2.21. The SMILES string of the molecule is O=C(N/N=C/c1c[nH]c2ccc(Br)cc12)Nc1ccccc1. The van der Waals surface area contributed by atoms with E-state index < -0.39 is 0 Å². The van der Waals surface area contributed by atoms with Gasteiger partial charge in [-0.05, 0) is 30.3 Å². The molecule has 0 aliphatic carbocycles. The van der Waals surface area contributed by atoms with Gasteiger partial charge in [0.15, 0.2) is 0 Å². The maximum absolute atomic E-state index is 11.7. The highest BCUT2D eigenvalue weighted by molar-refractivity contribution is 9.10. The van der Waals surface area contributed by atoms with Gasteiger partial charge in [-0.15, -0.1) is 0 Å². The zero-order valence-corrected chi connectivity index (χ0v) is 13.1. The normalized spacial score (nSPS) is 11.0. The standard InChI is InChI=1S/C16H13BrN4O/c17-12-6-7-15-14(8-12)11(9-18-15)10-19-21-16(22)20-13-4-2-1-3-5-13/h1-10,18H,(H2,20,21,22)/b19-10+. The molecular weight excluding hydrogens is 344 g/mol. The van der Waals surface area contributed by atoms with E-state index in [1.54, 1.807) is 18.3 Å². The number of urea groups is 1. The monoisotopic (exact) mass is 356 g/mol. The lowest BCUT2D eigenvalue weighted by Gasteiger charge is -2.02. The smallest absolute Gasteiger partial charge is 0.339 e. The van der Waals surface area contributed by atoms with E-state index in [0.717, 1.165) is 20.9 Å². The summed E-state index contributed by atoms with van der Waals surface area (Å²) >= 11 is 3.44. The van der Waals surface area contributed by atoms with E-state index in [1.807, 2.05) is 42.6 Å². The molecule has 3 aromatic rings. The zero-order valence-electron chi connectivity index (χ0n) is 11.5. The highest BCUT2D eigenvalue weighted by atomic mass is 79.9. The Bertz CT molecular complexity index is 827. The molecular formula is C16H13BrN4O. The number of carbonyl (C=O) groups excluding carboxylic acids is 1. The van der Waals surface area contributed by atoms with Gasteiger partial charge in [-0.25, -0.2) is 10.2 Å². The molecule has 2 aromatic carbocycles. The number of H-pyrrole nitrogens is 1. The van der Waals surface area contributed by atoms with Crippen molar-refractivity contribution in [2.75, 3.05) is 5.32 Å². The van der Waals surface area contributed by atoms with Crippen molar-refractivity contribution in [3.63, 3.8) is 0 Å². The Hall–Kier alpha value is -2.60. The van der Waals surface area contributed by atoms with Crippen LogP contribution in [-0.4, -0.2) is 17.2 Å². The van der Waals surface area contributed by atoms with E-state index in [2.05, 4.69) is 36.8 Å². The van der Waals surface area contributed by atoms with Crippen molar-refractivity contribution < 1.29 is 4.79 Å². The van der Waals surface area contributed by atoms with Gasteiger partial charge in [0.25, 0.3) is 0 Å². The Morgan fingerprint density at radius 3 is 2.82 bits per heavy atom. The number of benzene rings is 2. The van der Waals surface area contributed by atoms with Gasteiger partial charge in [0.2, 0.25) is 0 Å². The van der Waals surface area contributed by atoms with Crippen LogP contribution in [0.5, 0.6) is 0 Å². The largest absolute Gasteiger partial charge is 0.361 e. The van der Waals surface area contributed by atoms with E-state index in [0.29, 0.717) is 5.69 Å². The minimum Gasteiger partial charge on any atom is -0.361 e. The third kappa shape index (κ3) is 3.35. The van der Waals surface area contributed by atoms with Crippen LogP contribution in [0.2, 0.25) is 0 Å². The molecule has 0 spiro atoms. The molecule has 0 unspecified atom stereocenters. The van der Waals surface area contributed by atoms with Gasteiger partial charge >= 0.3 is 6.03 Å². The number of carbonyl (C=O) groups is 1. The summed E-state index contributed by atoms with van der Waals surface area (Å²) in [5, 5.41) is 7.69. The predicted molar refractivity (Wildman–Crippen MR) is 92.2 cm³/mol. The van der Waals surface area contributed by atoms with Gasteiger partial charge in [-0.3, -0.25) is 0 Å². The van der Waals surface area contributed by atoms with E-state index in [4.69, 9.17) is 0 Å². The summed E-state index contributed by atoms with van der Waals surface area (Å²) < 4.78 is 0.990. The molecule has 1 heterocycles. The lowest BCUT2D eigenvalue weighted by molar-refractivity contribution is 0.252. The third-order valence-corrected chi connectivity index (χ3v) is 3.57. The fourth-order valence-corrected chi connectivity index (χ4v) is 2.42. The second-order valence-corrected chi connectivity index (χ2v) is 5.54. The maximum atomic E-state index is 11.7. The molecule has 110 valence electrons. The molecule has 0 bridgehead atoms. The van der Waals surface area contributed by atoms with Gasteiger partial charge in [0, 0.05) is 32.8 Å². The minimum atomic E-state index is -0.386. The Morgan fingerprint density at radius 2 is 2.00 bits per heavy atom. The number of nitrogens with zero attached hydrogens (tertiary/aromatic N) is 1. The molecule has 2 amide bonds. The summed E-state index contributed by atoms with van der Waals surface area (Å²) in [6.07, 6.45) is 3.45. The van der Waals surface area contributed by atoms with Crippen LogP contribution in [0.4, 0.5) is 10.5 Å². The molecule has 1 aromatic heterocycles. The number of hydrazone groups is 1. The lowest BCUT2D eigenvalue weighted by atomic mass is 10.2. The van der Waals surface area contributed by atoms with Crippen LogP contribution in [0.1, 0.15) is 5.56 Å². The number of hydrogen-bond donors (Lipinski definition) is 3. The third-order valence-electron chi connectivity index (χ3n) is 3.08. The Morgan fingerprint density at radius 1 is 1.18 bits per heavy atom. The first kappa shape index (κ1) is 14.3. The number of para-hydroxylation sites is 1. The van der Waals surface area contributed by atoms with Crippen molar-refractivity contribution in [1.29, 1.82) is 0 Å². The van der Waals surface area contributed by atoms with Gasteiger partial charge in [-0.2, -0.15) is 5.10 Å². The van der Waals surface area contributed by atoms with Crippen molar-refractivity contribution in [3.05, 3.63) is 64.8 Å². The van der Waals surface area contributed by atoms with Gasteiger partial charge in [0.1, 0.15) is 0 Å². The number of amides is 2. The molecule has 5 nitrogen and oxygen atoms in total. The van der Waals surface area contributed by atoms with Gasteiger partial charge in [-0.1, -0.05) is 34.1 Å². The van der Waals surface area contributed by atoms with Crippen molar-refractivity contribution >= 4 is 44.8 Å². The molecule has 22 heavy (non-hydrogen) atoms. The lowest BCUT2D eigenvalue weighted by Crippen LogP contribution is -2.24. The van der Waals surface area contributed by atoms with Crippen LogP contribution in [0, 0.1) is 0 Å². The van der Waals surface area contributed by atoms with Crippen molar-refractivity contribution in [2.24, 2.45) is 5.10 Å². The topological polar surface area (TPSA) is 69.3 Å². The predicted octanol–water partition coefficient (Wildman–Crippen LogP) is 4.09. The van der Waals surface area contributed by atoms with E-state index >= 15 is 0 Å². The minimum absolute atomic E-state index is 0.386. The molecule has 3 rings (SSSR count). The molecule has 0 radical (unpaired) electrons. The van der Waals surface area contributed by atoms with Crippen molar-refractivity contribution in [1.82, 2.24) is 10.4 Å². The number of nitrogens with one attached hydrogen (secondary N) is 3. The van der Waals surface area contributed by atoms with Crippen LogP contribution < -0.4 is 10.7 Å². The number of aromatic amines is 1. The number of anilines is 1.